The summed E-state index contributed by atoms with van der Waals surface area (Å²) in [5, 5.41) is 0. The van der Waals surface area contributed by atoms with E-state index in [9.17, 15) is 13.2 Å². The molecule has 0 N–H and O–H groups in total. The van der Waals surface area contributed by atoms with Crippen molar-refractivity contribution in [1.29, 1.82) is 0 Å². The van der Waals surface area contributed by atoms with E-state index >= 15 is 0 Å². The van der Waals surface area contributed by atoms with Crippen LogP contribution in [0.5, 0.6) is 0 Å². The predicted molar refractivity (Wildman–Crippen MR) is 107 cm³/mol. The normalized spacial score (nSPS) is 18.0. The molecule has 1 saturated heterocycles. The van der Waals surface area contributed by atoms with Crippen LogP contribution in [0, 0.1) is 5.92 Å². The monoisotopic (exact) mass is 380 g/mol. The second-order valence-electron chi connectivity index (χ2n) is 7.30. The van der Waals surface area contributed by atoms with E-state index in [0.29, 0.717) is 5.92 Å². The first-order chi connectivity index (χ1) is 12.3. The van der Waals surface area contributed by atoms with Crippen LogP contribution in [-0.2, 0) is 27.7 Å². The Morgan fingerprint density at radius 2 is 1.85 bits per heavy atom. The van der Waals surface area contributed by atoms with Gasteiger partial charge < -0.3 is 4.90 Å². The maximum absolute atomic E-state index is 12.6. The zero-order valence-corrected chi connectivity index (χ0v) is 17.3. The number of hydrogen-bond donors (Lipinski definition) is 0. The third kappa shape index (κ3) is 5.00. The van der Waals surface area contributed by atoms with Gasteiger partial charge in [-0.05, 0) is 42.7 Å². The maximum Gasteiger partial charge on any atom is 0.232 e. The second-order valence-corrected chi connectivity index (χ2v) is 9.21. The first-order valence-corrected chi connectivity index (χ1v) is 11.5. The highest BCUT2D eigenvalue weighted by Crippen LogP contribution is 2.29. The van der Waals surface area contributed by atoms with Crippen molar-refractivity contribution in [1.82, 2.24) is 4.90 Å². The fraction of sp³-hybridized carbons (Fsp3) is 0.650. The summed E-state index contributed by atoms with van der Waals surface area (Å²) >= 11 is 0. The van der Waals surface area contributed by atoms with E-state index in [1.54, 1.807) is 0 Å². The Bertz CT molecular complexity index is 708. The van der Waals surface area contributed by atoms with Crippen molar-refractivity contribution in [3.8, 4) is 0 Å². The fourth-order valence-electron chi connectivity index (χ4n) is 3.75. The summed E-state index contributed by atoms with van der Waals surface area (Å²) in [7, 11) is -3.46. The molecule has 1 atom stereocenters. The number of likely N-dealkylation sites (tertiary alicyclic amines) is 1. The van der Waals surface area contributed by atoms with Gasteiger partial charge in [0, 0.05) is 26.1 Å². The number of aryl methyl sites for hydroxylation is 2. The van der Waals surface area contributed by atoms with Gasteiger partial charge in [0.25, 0.3) is 0 Å². The van der Waals surface area contributed by atoms with Crippen LogP contribution in [0.2, 0.25) is 0 Å². The molecule has 1 amide bonds. The molecule has 1 heterocycles. The van der Waals surface area contributed by atoms with Gasteiger partial charge in [0.2, 0.25) is 15.9 Å². The highest BCUT2D eigenvalue weighted by atomic mass is 32.2. The molecule has 0 aliphatic carbocycles. The molecular weight excluding hydrogens is 348 g/mol. The molecule has 1 aliphatic heterocycles. The standard InChI is InChI=1S/C20H32N2O3S/c1-5-17-10-7-11-18(6-2)20(17)22(26(4,24)25)14-12-19(23)21-13-8-9-16(3)15-21/h7,10-11,16H,5-6,8-9,12-15H2,1-4H3. The van der Waals surface area contributed by atoms with Gasteiger partial charge in [0.1, 0.15) is 0 Å². The average Bonchev–Trinajstić information content (AvgIpc) is 2.60. The number of carbonyl (C=O) groups is 1. The third-order valence-electron chi connectivity index (χ3n) is 5.15. The summed E-state index contributed by atoms with van der Waals surface area (Å²) in [6.07, 6.45) is 5.15. The van der Waals surface area contributed by atoms with E-state index in [4.69, 9.17) is 0 Å². The fourth-order valence-corrected chi connectivity index (χ4v) is 4.74. The van der Waals surface area contributed by atoms with E-state index < -0.39 is 10.0 Å². The minimum absolute atomic E-state index is 0.0530. The van der Waals surface area contributed by atoms with Crippen LogP contribution >= 0.6 is 0 Å². The van der Waals surface area contributed by atoms with Gasteiger partial charge >= 0.3 is 0 Å². The Labute approximate surface area is 158 Å². The van der Waals surface area contributed by atoms with Crippen molar-refractivity contribution in [2.45, 2.75) is 52.9 Å². The molecule has 0 spiro atoms. The Kier molecular flexibility index (Phi) is 7.09. The number of anilines is 1. The lowest BCUT2D eigenvalue weighted by Gasteiger charge is -2.32. The Morgan fingerprint density at radius 1 is 1.23 bits per heavy atom. The van der Waals surface area contributed by atoms with Gasteiger partial charge in [-0.1, -0.05) is 39.0 Å². The topological polar surface area (TPSA) is 57.7 Å². The van der Waals surface area contributed by atoms with E-state index in [-0.39, 0.29) is 18.9 Å². The van der Waals surface area contributed by atoms with Crippen LogP contribution in [0.3, 0.4) is 0 Å². The summed E-state index contributed by atoms with van der Waals surface area (Å²) in [5.41, 5.74) is 2.78. The molecule has 146 valence electrons. The summed E-state index contributed by atoms with van der Waals surface area (Å²) in [5.74, 6) is 0.573. The minimum Gasteiger partial charge on any atom is -0.342 e. The highest BCUT2D eigenvalue weighted by molar-refractivity contribution is 7.92. The largest absolute Gasteiger partial charge is 0.342 e. The van der Waals surface area contributed by atoms with E-state index in [1.807, 2.05) is 36.9 Å². The van der Waals surface area contributed by atoms with Gasteiger partial charge in [0.15, 0.2) is 0 Å². The first-order valence-electron chi connectivity index (χ1n) is 9.64. The van der Waals surface area contributed by atoms with Crippen molar-refractivity contribution >= 4 is 21.6 Å². The van der Waals surface area contributed by atoms with Gasteiger partial charge in [-0.15, -0.1) is 0 Å². The summed E-state index contributed by atoms with van der Waals surface area (Å²) < 4.78 is 26.5. The smallest absolute Gasteiger partial charge is 0.232 e. The van der Waals surface area contributed by atoms with Crippen molar-refractivity contribution in [2.24, 2.45) is 5.92 Å². The number of para-hydroxylation sites is 1. The lowest BCUT2D eigenvalue weighted by molar-refractivity contribution is -0.132. The van der Waals surface area contributed by atoms with Crippen LogP contribution in [0.25, 0.3) is 0 Å². The van der Waals surface area contributed by atoms with Gasteiger partial charge in [0.05, 0.1) is 11.9 Å². The van der Waals surface area contributed by atoms with Gasteiger partial charge in [-0.25, -0.2) is 8.42 Å². The number of nitrogens with zero attached hydrogens (tertiary/aromatic N) is 2. The number of carbonyl (C=O) groups excluding carboxylic acids is 1. The van der Waals surface area contributed by atoms with E-state index in [1.165, 1.54) is 10.6 Å². The molecule has 1 unspecified atom stereocenters. The van der Waals surface area contributed by atoms with Crippen molar-refractivity contribution in [3.05, 3.63) is 29.3 Å². The molecule has 1 fully saturated rings. The molecule has 0 saturated carbocycles. The van der Waals surface area contributed by atoms with Crippen molar-refractivity contribution in [2.75, 3.05) is 30.2 Å². The predicted octanol–water partition coefficient (Wildman–Crippen LogP) is 3.23. The minimum atomic E-state index is -3.46. The Hall–Kier alpha value is -1.56. The first kappa shape index (κ1) is 20.7. The summed E-state index contributed by atoms with van der Waals surface area (Å²) in [6, 6.07) is 5.92. The molecular formula is C20H32N2O3S. The number of hydrogen-bond acceptors (Lipinski definition) is 3. The molecule has 26 heavy (non-hydrogen) atoms. The second kappa shape index (κ2) is 8.89. The Morgan fingerprint density at radius 3 is 2.35 bits per heavy atom. The number of piperidine rings is 1. The highest BCUT2D eigenvalue weighted by Gasteiger charge is 2.26. The summed E-state index contributed by atoms with van der Waals surface area (Å²) in [6.45, 7) is 7.98. The lowest BCUT2D eigenvalue weighted by atomic mass is 10.00. The maximum atomic E-state index is 12.6. The third-order valence-corrected chi connectivity index (χ3v) is 6.32. The number of sulfonamides is 1. The zero-order chi connectivity index (χ0) is 19.3. The van der Waals surface area contributed by atoms with Gasteiger partial charge in [-0.2, -0.15) is 0 Å². The van der Waals surface area contributed by atoms with Gasteiger partial charge in [-0.3, -0.25) is 9.10 Å². The quantitative estimate of drug-likeness (QED) is 0.730. The molecule has 0 radical (unpaired) electrons. The zero-order valence-electron chi connectivity index (χ0n) is 16.5. The van der Waals surface area contributed by atoms with Crippen molar-refractivity contribution in [3.63, 3.8) is 0 Å². The number of benzene rings is 1. The molecule has 5 nitrogen and oxygen atoms in total. The SMILES string of the molecule is CCc1cccc(CC)c1N(CCC(=O)N1CCCC(C)C1)S(C)(=O)=O. The van der Waals surface area contributed by atoms with E-state index in [0.717, 1.165) is 55.6 Å². The average molecular weight is 381 g/mol. The molecule has 0 aromatic heterocycles. The van der Waals surface area contributed by atoms with Crippen LogP contribution in [0.4, 0.5) is 5.69 Å². The molecule has 6 heteroatoms. The summed E-state index contributed by atoms with van der Waals surface area (Å²) in [4.78, 5) is 14.5. The number of amides is 1. The molecule has 0 bridgehead atoms. The molecule has 1 aromatic rings. The number of rotatable bonds is 7. The molecule has 2 rings (SSSR count). The van der Waals surface area contributed by atoms with Crippen LogP contribution in [-0.4, -0.2) is 45.1 Å². The lowest BCUT2D eigenvalue weighted by Crippen LogP contribution is -2.41. The van der Waals surface area contributed by atoms with E-state index in [2.05, 4.69) is 6.92 Å². The van der Waals surface area contributed by atoms with Crippen LogP contribution in [0.1, 0.15) is 51.2 Å². The van der Waals surface area contributed by atoms with Crippen LogP contribution in [0.15, 0.2) is 18.2 Å². The Balaban J connectivity index is 2.23. The van der Waals surface area contributed by atoms with Crippen molar-refractivity contribution < 1.29 is 13.2 Å². The van der Waals surface area contributed by atoms with Crippen LogP contribution < -0.4 is 4.31 Å². The molecule has 1 aromatic carbocycles. The molecule has 1 aliphatic rings.